The van der Waals surface area contributed by atoms with Crippen molar-refractivity contribution in [3.05, 3.63) is 60.7 Å². The van der Waals surface area contributed by atoms with Crippen LogP contribution < -0.4 is 10.1 Å². The first-order chi connectivity index (χ1) is 10.4. The molecule has 0 fully saturated rings. The Labute approximate surface area is 122 Å². The van der Waals surface area contributed by atoms with Gasteiger partial charge in [0.15, 0.2) is 5.75 Å². The van der Waals surface area contributed by atoms with E-state index in [1.165, 1.54) is 0 Å². The maximum absolute atomic E-state index is 5.04. The summed E-state index contributed by atoms with van der Waals surface area (Å²) < 4.78 is 6.87. The Morgan fingerprint density at radius 3 is 2.67 bits per heavy atom. The van der Waals surface area contributed by atoms with Crippen LogP contribution in [0.5, 0.6) is 5.75 Å². The summed E-state index contributed by atoms with van der Waals surface area (Å²) in [6, 6.07) is 9.96. The fourth-order valence-corrected chi connectivity index (χ4v) is 1.98. The summed E-state index contributed by atoms with van der Waals surface area (Å²) in [5.41, 5.74) is 2.14. The first-order valence-electron chi connectivity index (χ1n) is 6.54. The number of methoxy groups -OCH3 is 1. The average molecular weight is 281 g/mol. The van der Waals surface area contributed by atoms with Gasteiger partial charge in [0, 0.05) is 18.9 Å². The van der Waals surface area contributed by atoms with E-state index in [2.05, 4.69) is 20.4 Å². The third kappa shape index (κ3) is 3.00. The zero-order valence-electron chi connectivity index (χ0n) is 11.6. The van der Waals surface area contributed by atoms with Crippen molar-refractivity contribution < 1.29 is 4.74 Å². The van der Waals surface area contributed by atoms with E-state index < -0.39 is 0 Å². The first kappa shape index (κ1) is 13.1. The van der Waals surface area contributed by atoms with Crippen LogP contribution in [0.25, 0.3) is 5.69 Å². The standard InChI is InChI=1S/C15H15N5O/c1-21-13-10-17-15(18-11-13)16-9-12-5-2-3-6-14(12)20-8-4-7-19-20/h2-8,10-11H,9H2,1H3,(H,16,17,18). The molecule has 0 bridgehead atoms. The van der Waals surface area contributed by atoms with Gasteiger partial charge in [0.25, 0.3) is 0 Å². The summed E-state index contributed by atoms with van der Waals surface area (Å²) in [6.07, 6.45) is 6.95. The van der Waals surface area contributed by atoms with Crippen molar-refractivity contribution in [2.45, 2.75) is 6.54 Å². The second-order valence-corrected chi connectivity index (χ2v) is 4.38. The molecule has 106 valence electrons. The molecule has 2 heterocycles. The average Bonchev–Trinajstić information content (AvgIpc) is 3.08. The van der Waals surface area contributed by atoms with Crippen molar-refractivity contribution in [2.75, 3.05) is 12.4 Å². The van der Waals surface area contributed by atoms with Gasteiger partial charge in [0.05, 0.1) is 25.2 Å². The number of ether oxygens (including phenoxy) is 1. The normalized spacial score (nSPS) is 10.3. The zero-order chi connectivity index (χ0) is 14.5. The largest absolute Gasteiger partial charge is 0.494 e. The van der Waals surface area contributed by atoms with Crippen LogP contribution in [0.2, 0.25) is 0 Å². The summed E-state index contributed by atoms with van der Waals surface area (Å²) in [5, 5.41) is 7.46. The summed E-state index contributed by atoms with van der Waals surface area (Å²) in [7, 11) is 1.59. The number of aromatic nitrogens is 4. The Balaban J connectivity index is 1.76. The molecule has 0 aliphatic carbocycles. The van der Waals surface area contributed by atoms with Gasteiger partial charge in [-0.1, -0.05) is 18.2 Å². The number of para-hydroxylation sites is 1. The van der Waals surface area contributed by atoms with Gasteiger partial charge < -0.3 is 10.1 Å². The second kappa shape index (κ2) is 6.04. The number of nitrogens with zero attached hydrogens (tertiary/aromatic N) is 4. The molecule has 0 aliphatic rings. The molecule has 0 saturated heterocycles. The third-order valence-electron chi connectivity index (χ3n) is 3.04. The van der Waals surface area contributed by atoms with Crippen LogP contribution in [-0.2, 0) is 6.54 Å². The lowest BCUT2D eigenvalue weighted by molar-refractivity contribution is 0.411. The Morgan fingerprint density at radius 1 is 1.14 bits per heavy atom. The van der Waals surface area contributed by atoms with Gasteiger partial charge in [-0.05, 0) is 17.7 Å². The quantitative estimate of drug-likeness (QED) is 0.777. The molecule has 0 atom stereocenters. The molecule has 0 unspecified atom stereocenters. The number of anilines is 1. The first-order valence-corrected chi connectivity index (χ1v) is 6.54. The number of hydrogen-bond donors (Lipinski definition) is 1. The van der Waals surface area contributed by atoms with Gasteiger partial charge in [-0.3, -0.25) is 0 Å². The lowest BCUT2D eigenvalue weighted by atomic mass is 10.2. The van der Waals surface area contributed by atoms with Crippen LogP contribution in [0.4, 0.5) is 5.95 Å². The predicted octanol–water partition coefficient (Wildman–Crippen LogP) is 2.28. The van der Waals surface area contributed by atoms with Gasteiger partial charge in [-0.15, -0.1) is 0 Å². The highest BCUT2D eigenvalue weighted by Gasteiger charge is 2.05. The zero-order valence-corrected chi connectivity index (χ0v) is 11.6. The van der Waals surface area contributed by atoms with E-state index in [1.54, 1.807) is 25.7 Å². The molecule has 6 nitrogen and oxygen atoms in total. The summed E-state index contributed by atoms with van der Waals surface area (Å²) >= 11 is 0. The van der Waals surface area contributed by atoms with E-state index in [0.29, 0.717) is 18.2 Å². The molecule has 2 aromatic heterocycles. The highest BCUT2D eigenvalue weighted by molar-refractivity contribution is 5.42. The summed E-state index contributed by atoms with van der Waals surface area (Å²) in [6.45, 7) is 0.613. The Kier molecular flexibility index (Phi) is 3.77. The van der Waals surface area contributed by atoms with Gasteiger partial charge in [0.1, 0.15) is 0 Å². The van der Waals surface area contributed by atoms with Crippen LogP contribution >= 0.6 is 0 Å². The molecule has 0 saturated carbocycles. The Bertz CT molecular complexity index is 694. The van der Waals surface area contributed by atoms with E-state index in [0.717, 1.165) is 11.3 Å². The minimum absolute atomic E-state index is 0.561. The minimum Gasteiger partial charge on any atom is -0.494 e. The van der Waals surface area contributed by atoms with Gasteiger partial charge >= 0.3 is 0 Å². The Hall–Kier alpha value is -2.89. The SMILES string of the molecule is COc1cnc(NCc2ccccc2-n2cccn2)nc1. The lowest BCUT2D eigenvalue weighted by Crippen LogP contribution is -2.07. The van der Waals surface area contributed by atoms with E-state index in [4.69, 9.17) is 4.74 Å². The molecule has 1 N–H and O–H groups in total. The summed E-state index contributed by atoms with van der Waals surface area (Å²) in [5.74, 6) is 1.20. The molecule has 0 aliphatic heterocycles. The molecular formula is C15H15N5O. The van der Waals surface area contributed by atoms with Crippen molar-refractivity contribution in [2.24, 2.45) is 0 Å². The van der Waals surface area contributed by atoms with E-state index in [-0.39, 0.29) is 0 Å². The van der Waals surface area contributed by atoms with Gasteiger partial charge in [-0.2, -0.15) is 5.10 Å². The number of nitrogens with one attached hydrogen (secondary N) is 1. The summed E-state index contributed by atoms with van der Waals surface area (Å²) in [4.78, 5) is 8.37. The monoisotopic (exact) mass is 281 g/mol. The van der Waals surface area contributed by atoms with Gasteiger partial charge in [0.2, 0.25) is 5.95 Å². The molecule has 0 amide bonds. The highest BCUT2D eigenvalue weighted by Crippen LogP contribution is 2.15. The van der Waals surface area contributed by atoms with Crippen LogP contribution in [-0.4, -0.2) is 26.9 Å². The van der Waals surface area contributed by atoms with Crippen LogP contribution in [0.15, 0.2) is 55.1 Å². The fourth-order valence-electron chi connectivity index (χ4n) is 1.98. The molecule has 0 spiro atoms. The number of rotatable bonds is 5. The smallest absolute Gasteiger partial charge is 0.223 e. The van der Waals surface area contributed by atoms with Crippen molar-refractivity contribution in [3.63, 3.8) is 0 Å². The minimum atomic E-state index is 0.561. The van der Waals surface area contributed by atoms with Crippen LogP contribution in [0.1, 0.15) is 5.56 Å². The van der Waals surface area contributed by atoms with Crippen molar-refractivity contribution in [1.82, 2.24) is 19.7 Å². The molecule has 6 heteroatoms. The van der Waals surface area contributed by atoms with E-state index >= 15 is 0 Å². The van der Waals surface area contributed by atoms with Crippen molar-refractivity contribution >= 4 is 5.95 Å². The molecule has 3 aromatic rings. The topological polar surface area (TPSA) is 64.9 Å². The third-order valence-corrected chi connectivity index (χ3v) is 3.04. The molecule has 3 rings (SSSR count). The Morgan fingerprint density at radius 2 is 1.95 bits per heavy atom. The maximum atomic E-state index is 5.04. The molecule has 21 heavy (non-hydrogen) atoms. The van der Waals surface area contributed by atoms with Crippen molar-refractivity contribution in [3.8, 4) is 11.4 Å². The van der Waals surface area contributed by atoms with Crippen LogP contribution in [0.3, 0.4) is 0 Å². The molecular weight excluding hydrogens is 266 g/mol. The van der Waals surface area contributed by atoms with Gasteiger partial charge in [-0.25, -0.2) is 14.6 Å². The highest BCUT2D eigenvalue weighted by atomic mass is 16.5. The molecule has 0 radical (unpaired) electrons. The predicted molar refractivity (Wildman–Crippen MR) is 79.5 cm³/mol. The molecule has 1 aromatic carbocycles. The van der Waals surface area contributed by atoms with Crippen molar-refractivity contribution in [1.29, 1.82) is 0 Å². The number of benzene rings is 1. The van der Waals surface area contributed by atoms with E-state index in [9.17, 15) is 0 Å². The fraction of sp³-hybridized carbons (Fsp3) is 0.133. The maximum Gasteiger partial charge on any atom is 0.223 e. The van der Waals surface area contributed by atoms with E-state index in [1.807, 2.05) is 41.2 Å². The van der Waals surface area contributed by atoms with Crippen LogP contribution in [0, 0.1) is 0 Å². The number of hydrogen-bond acceptors (Lipinski definition) is 5. The lowest BCUT2D eigenvalue weighted by Gasteiger charge is -2.10. The second-order valence-electron chi connectivity index (χ2n) is 4.38.